The smallest absolute Gasteiger partial charge is 0.148 e. The number of hydrogen-bond donors (Lipinski definition) is 1. The molecule has 2 N–H and O–H groups in total. The van der Waals surface area contributed by atoms with Gasteiger partial charge in [0.2, 0.25) is 0 Å². The maximum Gasteiger partial charge on any atom is 0.148 e. The summed E-state index contributed by atoms with van der Waals surface area (Å²) in [6, 6.07) is 13.3. The highest BCUT2D eigenvalue weighted by atomic mass is 16.5. The fourth-order valence-electron chi connectivity index (χ4n) is 2.12. The van der Waals surface area contributed by atoms with Gasteiger partial charge in [-0.25, -0.2) is 4.98 Å². The molecule has 3 rings (SSSR count). The third-order valence-corrected chi connectivity index (χ3v) is 3.01. The highest BCUT2D eigenvalue weighted by molar-refractivity contribution is 5.81. The van der Waals surface area contributed by atoms with E-state index in [9.17, 15) is 0 Å². The van der Waals surface area contributed by atoms with E-state index >= 15 is 0 Å². The molecule has 0 unspecified atom stereocenters. The van der Waals surface area contributed by atoms with Crippen molar-refractivity contribution in [2.45, 2.75) is 0 Å². The molecule has 0 bridgehead atoms. The van der Waals surface area contributed by atoms with Crippen molar-refractivity contribution in [1.82, 2.24) is 9.55 Å². The maximum absolute atomic E-state index is 5.77. The van der Waals surface area contributed by atoms with Gasteiger partial charge in [0.25, 0.3) is 0 Å². The molecule has 4 heteroatoms. The van der Waals surface area contributed by atoms with Crippen molar-refractivity contribution in [2.75, 3.05) is 12.3 Å². The van der Waals surface area contributed by atoms with Crippen LogP contribution in [0.5, 0.6) is 5.75 Å². The molecule has 0 saturated carbocycles. The summed E-state index contributed by atoms with van der Waals surface area (Å²) in [7, 11) is 0. The number of aromatic nitrogens is 2. The Kier molecular flexibility index (Phi) is 3.02. The molecule has 2 aromatic carbocycles. The zero-order valence-corrected chi connectivity index (χ0v) is 10.8. The zero-order valence-electron chi connectivity index (χ0n) is 10.8. The van der Waals surface area contributed by atoms with Crippen molar-refractivity contribution in [3.8, 4) is 23.8 Å². The lowest BCUT2D eigenvalue weighted by Crippen LogP contribution is -2.00. The molecule has 0 saturated heterocycles. The van der Waals surface area contributed by atoms with E-state index in [0.717, 1.165) is 22.5 Å². The average Bonchev–Trinajstić information content (AvgIpc) is 2.88. The summed E-state index contributed by atoms with van der Waals surface area (Å²) in [5.41, 5.74) is 9.18. The summed E-state index contributed by atoms with van der Waals surface area (Å²) < 4.78 is 7.53. The van der Waals surface area contributed by atoms with Crippen LogP contribution in [0.1, 0.15) is 0 Å². The molecule has 0 radical (unpaired) electrons. The number of para-hydroxylation sites is 2. The number of terminal acetylenes is 1. The first-order chi connectivity index (χ1) is 9.79. The van der Waals surface area contributed by atoms with Gasteiger partial charge in [0.05, 0.1) is 16.7 Å². The summed E-state index contributed by atoms with van der Waals surface area (Å²) in [6.45, 7) is 0.233. The van der Waals surface area contributed by atoms with Crippen LogP contribution >= 0.6 is 0 Å². The number of nitrogens with two attached hydrogens (primary N) is 1. The summed E-state index contributed by atoms with van der Waals surface area (Å²) in [5.74, 6) is 3.19. The van der Waals surface area contributed by atoms with Gasteiger partial charge in [0, 0.05) is 5.69 Å². The molecular formula is C16H13N3O. The second-order valence-electron chi connectivity index (χ2n) is 4.32. The van der Waals surface area contributed by atoms with E-state index in [0.29, 0.717) is 5.69 Å². The van der Waals surface area contributed by atoms with E-state index in [-0.39, 0.29) is 6.61 Å². The summed E-state index contributed by atoms with van der Waals surface area (Å²) >= 11 is 0. The molecule has 3 aromatic rings. The van der Waals surface area contributed by atoms with Crippen LogP contribution in [0.3, 0.4) is 0 Å². The van der Waals surface area contributed by atoms with E-state index in [4.69, 9.17) is 16.9 Å². The van der Waals surface area contributed by atoms with Gasteiger partial charge in [0.1, 0.15) is 18.7 Å². The van der Waals surface area contributed by atoms with Crippen molar-refractivity contribution < 1.29 is 4.74 Å². The van der Waals surface area contributed by atoms with Crippen LogP contribution in [0.2, 0.25) is 0 Å². The lowest BCUT2D eigenvalue weighted by molar-refractivity contribution is 0.369. The van der Waals surface area contributed by atoms with Gasteiger partial charge in [-0.3, -0.25) is 4.57 Å². The monoisotopic (exact) mass is 263 g/mol. The minimum absolute atomic E-state index is 0.233. The van der Waals surface area contributed by atoms with Crippen molar-refractivity contribution in [2.24, 2.45) is 0 Å². The Morgan fingerprint density at radius 3 is 2.95 bits per heavy atom. The predicted molar refractivity (Wildman–Crippen MR) is 79.8 cm³/mol. The maximum atomic E-state index is 5.77. The van der Waals surface area contributed by atoms with Crippen LogP contribution in [0.4, 0.5) is 5.69 Å². The SMILES string of the molecule is C#CCOc1ccccc1-n1cnc2cc(N)ccc21. The van der Waals surface area contributed by atoms with Crippen LogP contribution < -0.4 is 10.5 Å². The Balaban J connectivity index is 2.14. The minimum atomic E-state index is 0.233. The second kappa shape index (κ2) is 4.98. The molecule has 0 aliphatic heterocycles. The average molecular weight is 263 g/mol. The predicted octanol–water partition coefficient (Wildman–Crippen LogP) is 2.62. The molecule has 0 fully saturated rings. The molecule has 20 heavy (non-hydrogen) atoms. The van der Waals surface area contributed by atoms with Gasteiger partial charge < -0.3 is 10.5 Å². The van der Waals surface area contributed by atoms with Gasteiger partial charge in [-0.1, -0.05) is 18.1 Å². The Morgan fingerprint density at radius 2 is 2.10 bits per heavy atom. The van der Waals surface area contributed by atoms with Crippen LogP contribution in [-0.4, -0.2) is 16.2 Å². The fourth-order valence-corrected chi connectivity index (χ4v) is 2.12. The lowest BCUT2D eigenvalue weighted by atomic mass is 10.2. The third-order valence-electron chi connectivity index (χ3n) is 3.01. The number of nitrogen functional groups attached to an aromatic ring is 1. The lowest BCUT2D eigenvalue weighted by Gasteiger charge is -2.11. The minimum Gasteiger partial charge on any atom is -0.479 e. The molecule has 0 spiro atoms. The van der Waals surface area contributed by atoms with Crippen molar-refractivity contribution >= 4 is 16.7 Å². The Hall–Kier alpha value is -2.93. The van der Waals surface area contributed by atoms with Gasteiger partial charge >= 0.3 is 0 Å². The van der Waals surface area contributed by atoms with Gasteiger partial charge in [-0.05, 0) is 30.3 Å². The second-order valence-corrected chi connectivity index (χ2v) is 4.32. The normalized spacial score (nSPS) is 10.3. The van der Waals surface area contributed by atoms with Crippen LogP contribution in [-0.2, 0) is 0 Å². The molecule has 0 aliphatic rings. The van der Waals surface area contributed by atoms with E-state index < -0.39 is 0 Å². The first kappa shape index (κ1) is 12.1. The standard InChI is InChI=1S/C16H13N3O/c1-2-9-20-16-6-4-3-5-15(16)19-11-18-13-10-12(17)7-8-14(13)19/h1,3-8,10-11H,9,17H2. The number of imidazole rings is 1. The van der Waals surface area contributed by atoms with E-state index in [1.165, 1.54) is 0 Å². The van der Waals surface area contributed by atoms with Gasteiger partial charge in [-0.2, -0.15) is 0 Å². The van der Waals surface area contributed by atoms with Crippen molar-refractivity contribution in [1.29, 1.82) is 0 Å². The Labute approximate surface area is 116 Å². The third kappa shape index (κ3) is 2.06. The fraction of sp³-hybridized carbons (Fsp3) is 0.0625. The molecule has 0 atom stereocenters. The highest BCUT2D eigenvalue weighted by Gasteiger charge is 2.09. The molecule has 0 aliphatic carbocycles. The van der Waals surface area contributed by atoms with Crippen LogP contribution in [0.15, 0.2) is 48.8 Å². The number of nitrogens with zero attached hydrogens (tertiary/aromatic N) is 2. The molecule has 0 amide bonds. The first-order valence-electron chi connectivity index (χ1n) is 6.18. The topological polar surface area (TPSA) is 53.1 Å². The number of rotatable bonds is 3. The van der Waals surface area contributed by atoms with E-state index in [1.807, 2.05) is 47.0 Å². The Bertz CT molecular complexity index is 799. The quantitative estimate of drug-likeness (QED) is 0.583. The summed E-state index contributed by atoms with van der Waals surface area (Å²) in [6.07, 6.45) is 7.00. The summed E-state index contributed by atoms with van der Waals surface area (Å²) in [5, 5.41) is 0. The first-order valence-corrected chi connectivity index (χ1v) is 6.18. The largest absolute Gasteiger partial charge is 0.479 e. The number of fused-ring (bicyclic) bond motifs is 1. The number of hydrogen-bond acceptors (Lipinski definition) is 3. The molecule has 4 nitrogen and oxygen atoms in total. The van der Waals surface area contributed by atoms with Gasteiger partial charge in [-0.15, -0.1) is 6.42 Å². The van der Waals surface area contributed by atoms with Crippen LogP contribution in [0.25, 0.3) is 16.7 Å². The highest BCUT2D eigenvalue weighted by Crippen LogP contribution is 2.27. The molecule has 1 heterocycles. The number of benzene rings is 2. The van der Waals surface area contributed by atoms with E-state index in [2.05, 4.69) is 10.9 Å². The zero-order chi connectivity index (χ0) is 13.9. The molecule has 1 aromatic heterocycles. The van der Waals surface area contributed by atoms with E-state index in [1.54, 1.807) is 6.33 Å². The molecular weight excluding hydrogens is 250 g/mol. The molecule has 98 valence electrons. The number of anilines is 1. The van der Waals surface area contributed by atoms with Gasteiger partial charge in [0.15, 0.2) is 0 Å². The Morgan fingerprint density at radius 1 is 1.25 bits per heavy atom. The van der Waals surface area contributed by atoms with Crippen molar-refractivity contribution in [3.05, 3.63) is 48.8 Å². The van der Waals surface area contributed by atoms with Crippen LogP contribution in [0, 0.1) is 12.3 Å². The van der Waals surface area contributed by atoms with Crippen molar-refractivity contribution in [3.63, 3.8) is 0 Å². The number of ether oxygens (including phenoxy) is 1. The summed E-state index contributed by atoms with van der Waals surface area (Å²) in [4.78, 5) is 4.36.